The minimum atomic E-state index is 0.00655. The Hall–Kier alpha value is -1.77. The molecule has 0 saturated heterocycles. The molecule has 170 valence electrons. The molecule has 1 rings (SSSR count). The van der Waals surface area contributed by atoms with E-state index in [4.69, 9.17) is 0 Å². The molecular weight excluding hydrogens is 372 g/mol. The molecule has 3 nitrogen and oxygen atoms in total. The van der Waals surface area contributed by atoms with Crippen molar-refractivity contribution in [3.8, 4) is 11.5 Å². The third kappa shape index (κ3) is 15.1. The molecule has 0 atom stereocenters. The van der Waals surface area contributed by atoms with Crippen LogP contribution in [0.25, 0.3) is 0 Å². The Morgan fingerprint density at radius 2 is 1.17 bits per heavy atom. The summed E-state index contributed by atoms with van der Waals surface area (Å²) in [6, 6.07) is 4.37. The van der Waals surface area contributed by atoms with Gasteiger partial charge >= 0.3 is 0 Å². The lowest BCUT2D eigenvalue weighted by molar-refractivity contribution is -0.118. The van der Waals surface area contributed by atoms with Crippen molar-refractivity contribution >= 4 is 5.78 Å². The average molecular weight is 417 g/mol. The Bertz CT molecular complexity index is 572. The summed E-state index contributed by atoms with van der Waals surface area (Å²) in [5.74, 6) is 0.189. The van der Waals surface area contributed by atoms with E-state index in [1.807, 2.05) is 0 Å². The average Bonchev–Trinajstić information content (AvgIpc) is 2.69. The number of hydrogen-bond acceptors (Lipinski definition) is 3. The van der Waals surface area contributed by atoms with Crippen LogP contribution in [0.4, 0.5) is 0 Å². The maximum atomic E-state index is 12.0. The predicted molar refractivity (Wildman–Crippen MR) is 127 cm³/mol. The first-order valence-electron chi connectivity index (χ1n) is 12.3. The number of Topliss-reactive ketones (excluding diaryl/α,β-unsaturated/α-hetero) is 1. The Morgan fingerprint density at radius 3 is 1.70 bits per heavy atom. The maximum absolute atomic E-state index is 12.0. The van der Waals surface area contributed by atoms with Crippen LogP contribution in [0, 0.1) is 0 Å². The van der Waals surface area contributed by atoms with E-state index in [2.05, 4.69) is 19.1 Å². The number of benzene rings is 1. The molecule has 0 aliphatic carbocycles. The van der Waals surface area contributed by atoms with Crippen LogP contribution in [0.2, 0.25) is 0 Å². The van der Waals surface area contributed by atoms with Gasteiger partial charge in [-0.3, -0.25) is 4.79 Å². The molecule has 0 amide bonds. The van der Waals surface area contributed by atoms with Gasteiger partial charge < -0.3 is 10.2 Å². The zero-order valence-corrected chi connectivity index (χ0v) is 19.2. The van der Waals surface area contributed by atoms with Crippen molar-refractivity contribution in [2.75, 3.05) is 0 Å². The summed E-state index contributed by atoms with van der Waals surface area (Å²) in [6.07, 6.45) is 24.7. The fraction of sp³-hybridized carbons (Fsp3) is 0.667. The van der Waals surface area contributed by atoms with Gasteiger partial charge in [0.15, 0.2) is 0 Å². The van der Waals surface area contributed by atoms with Crippen molar-refractivity contribution in [1.29, 1.82) is 0 Å². The highest BCUT2D eigenvalue weighted by atomic mass is 16.3. The lowest BCUT2D eigenvalue weighted by atomic mass is 10.0. The van der Waals surface area contributed by atoms with Gasteiger partial charge in [-0.05, 0) is 49.8 Å². The molecule has 0 aliphatic rings. The monoisotopic (exact) mass is 416 g/mol. The number of carbonyl (C=O) groups excluding carboxylic acids is 1. The molecule has 0 unspecified atom stereocenters. The largest absolute Gasteiger partial charge is 0.508 e. The second kappa shape index (κ2) is 18.0. The van der Waals surface area contributed by atoms with Crippen LogP contribution in [-0.4, -0.2) is 16.0 Å². The van der Waals surface area contributed by atoms with E-state index in [1.54, 1.807) is 12.1 Å². The van der Waals surface area contributed by atoms with E-state index in [0.29, 0.717) is 12.0 Å². The summed E-state index contributed by atoms with van der Waals surface area (Å²) in [5, 5.41) is 18.9. The number of aromatic hydroxyl groups is 2. The van der Waals surface area contributed by atoms with E-state index in [1.165, 1.54) is 89.5 Å². The maximum Gasteiger partial charge on any atom is 0.137 e. The highest BCUT2D eigenvalue weighted by Gasteiger charge is 2.06. The van der Waals surface area contributed by atoms with Gasteiger partial charge in [0.05, 0.1) is 0 Å². The van der Waals surface area contributed by atoms with Crippen LogP contribution in [-0.2, 0) is 11.2 Å². The van der Waals surface area contributed by atoms with Crippen LogP contribution < -0.4 is 0 Å². The van der Waals surface area contributed by atoms with E-state index in [9.17, 15) is 15.0 Å². The van der Waals surface area contributed by atoms with E-state index in [-0.39, 0.29) is 23.7 Å². The summed E-state index contributed by atoms with van der Waals surface area (Å²) in [6.45, 7) is 2.26. The van der Waals surface area contributed by atoms with Crippen molar-refractivity contribution in [2.24, 2.45) is 0 Å². The predicted octanol–water partition coefficient (Wildman–Crippen LogP) is 8.03. The number of rotatable bonds is 19. The molecule has 0 radical (unpaired) electrons. The Labute approximate surface area is 184 Å². The third-order valence-electron chi connectivity index (χ3n) is 5.58. The van der Waals surface area contributed by atoms with Crippen molar-refractivity contribution in [2.45, 2.75) is 116 Å². The zero-order valence-electron chi connectivity index (χ0n) is 19.2. The zero-order chi connectivity index (χ0) is 21.9. The first-order chi connectivity index (χ1) is 14.6. The molecule has 0 fully saturated rings. The standard InChI is InChI=1S/C27H44O3/c1-2-3-4-5-6-7-8-9-10-11-12-13-14-15-16-17-18-19-25(28)20-24-21-26(29)23-27(30)22-24/h7-8,21-23,29-30H,2-6,9-20H2,1H3. The quantitative estimate of drug-likeness (QED) is 0.177. The third-order valence-corrected chi connectivity index (χ3v) is 5.58. The van der Waals surface area contributed by atoms with E-state index in [0.717, 1.165) is 12.8 Å². The molecule has 0 aliphatic heterocycles. The lowest BCUT2D eigenvalue weighted by Gasteiger charge is -2.04. The molecule has 0 heterocycles. The SMILES string of the molecule is CCCCCCC=CCCCCCCCCCCCC(=O)Cc1cc(O)cc(O)c1. The molecule has 0 aromatic heterocycles. The minimum Gasteiger partial charge on any atom is -0.508 e. The minimum absolute atomic E-state index is 0.00655. The fourth-order valence-corrected chi connectivity index (χ4v) is 3.82. The van der Waals surface area contributed by atoms with Gasteiger partial charge in [-0.25, -0.2) is 0 Å². The Kier molecular flexibility index (Phi) is 15.8. The summed E-state index contributed by atoms with van der Waals surface area (Å²) >= 11 is 0. The second-order valence-electron chi connectivity index (χ2n) is 8.61. The topological polar surface area (TPSA) is 57.5 Å². The van der Waals surface area contributed by atoms with Gasteiger partial charge in [-0.2, -0.15) is 0 Å². The molecule has 2 N–H and O–H groups in total. The molecule has 0 bridgehead atoms. The fourth-order valence-electron chi connectivity index (χ4n) is 3.82. The van der Waals surface area contributed by atoms with Gasteiger partial charge in [-0.15, -0.1) is 0 Å². The van der Waals surface area contributed by atoms with Crippen LogP contribution in [0.3, 0.4) is 0 Å². The van der Waals surface area contributed by atoms with Crippen molar-refractivity contribution in [1.82, 2.24) is 0 Å². The van der Waals surface area contributed by atoms with Crippen LogP contribution in [0.5, 0.6) is 11.5 Å². The summed E-state index contributed by atoms with van der Waals surface area (Å²) in [7, 11) is 0. The number of carbonyl (C=O) groups is 1. The first kappa shape index (κ1) is 26.3. The normalized spacial score (nSPS) is 11.4. The summed E-state index contributed by atoms with van der Waals surface area (Å²) < 4.78 is 0. The summed E-state index contributed by atoms with van der Waals surface area (Å²) in [4.78, 5) is 12.0. The number of unbranched alkanes of at least 4 members (excludes halogenated alkanes) is 13. The van der Waals surface area contributed by atoms with Gasteiger partial charge in [0.25, 0.3) is 0 Å². The van der Waals surface area contributed by atoms with Crippen LogP contribution >= 0.6 is 0 Å². The number of ketones is 1. The highest BCUT2D eigenvalue weighted by molar-refractivity contribution is 5.81. The number of phenolic OH excluding ortho intramolecular Hbond substituents is 2. The van der Waals surface area contributed by atoms with Gasteiger partial charge in [0.2, 0.25) is 0 Å². The Balaban J connectivity index is 1.86. The molecule has 0 saturated carbocycles. The smallest absolute Gasteiger partial charge is 0.137 e. The molecule has 30 heavy (non-hydrogen) atoms. The number of phenols is 2. The van der Waals surface area contributed by atoms with Crippen molar-refractivity contribution in [3.05, 3.63) is 35.9 Å². The highest BCUT2D eigenvalue weighted by Crippen LogP contribution is 2.21. The number of allylic oxidation sites excluding steroid dienone is 2. The Morgan fingerprint density at radius 1 is 0.700 bits per heavy atom. The molecular formula is C27H44O3. The van der Waals surface area contributed by atoms with Gasteiger partial charge in [0.1, 0.15) is 17.3 Å². The van der Waals surface area contributed by atoms with Crippen molar-refractivity contribution < 1.29 is 15.0 Å². The van der Waals surface area contributed by atoms with Crippen molar-refractivity contribution in [3.63, 3.8) is 0 Å². The van der Waals surface area contributed by atoms with E-state index < -0.39 is 0 Å². The number of hydrogen-bond donors (Lipinski definition) is 2. The van der Waals surface area contributed by atoms with Gasteiger partial charge in [-0.1, -0.05) is 83.3 Å². The summed E-state index contributed by atoms with van der Waals surface area (Å²) in [5.41, 5.74) is 0.681. The van der Waals surface area contributed by atoms with Crippen LogP contribution in [0.1, 0.15) is 115 Å². The van der Waals surface area contributed by atoms with Gasteiger partial charge in [0, 0.05) is 18.9 Å². The molecule has 3 heteroatoms. The lowest BCUT2D eigenvalue weighted by Crippen LogP contribution is -2.02. The van der Waals surface area contributed by atoms with E-state index >= 15 is 0 Å². The first-order valence-corrected chi connectivity index (χ1v) is 12.3. The van der Waals surface area contributed by atoms with Crippen LogP contribution in [0.15, 0.2) is 30.4 Å². The second-order valence-corrected chi connectivity index (χ2v) is 8.61. The molecule has 1 aromatic carbocycles. The molecule has 1 aromatic rings. The molecule has 0 spiro atoms.